The second-order valence-electron chi connectivity index (χ2n) is 9.79. The lowest BCUT2D eigenvalue weighted by atomic mass is 9.90. The Morgan fingerprint density at radius 3 is 2.62 bits per heavy atom. The molecule has 0 aliphatic carbocycles. The van der Waals surface area contributed by atoms with Crippen LogP contribution in [0.4, 0.5) is 10.5 Å². The second kappa shape index (κ2) is 9.67. The summed E-state index contributed by atoms with van der Waals surface area (Å²) in [5.74, 6) is -1.30. The molecule has 5 amide bonds. The van der Waals surface area contributed by atoms with Crippen molar-refractivity contribution < 1.29 is 19.2 Å². The summed E-state index contributed by atoms with van der Waals surface area (Å²) >= 11 is 0. The lowest BCUT2D eigenvalue weighted by Gasteiger charge is -2.23. The number of rotatable bonds is 7. The molecule has 3 aromatic carbocycles. The molecule has 0 saturated carbocycles. The summed E-state index contributed by atoms with van der Waals surface area (Å²) in [4.78, 5) is 53.5. The van der Waals surface area contributed by atoms with E-state index in [0.29, 0.717) is 17.8 Å². The maximum absolute atomic E-state index is 13.3. The molecule has 2 aliphatic heterocycles. The Hall–Kier alpha value is -4.24. The van der Waals surface area contributed by atoms with Crippen LogP contribution < -0.4 is 16.4 Å². The first kappa shape index (κ1) is 24.5. The number of fused-ring (bicyclic) bond motifs is 1. The molecule has 190 valence electrons. The van der Waals surface area contributed by atoms with Gasteiger partial charge in [-0.1, -0.05) is 48.5 Å². The van der Waals surface area contributed by atoms with Crippen LogP contribution in [0.25, 0.3) is 10.8 Å². The summed E-state index contributed by atoms with van der Waals surface area (Å²) in [5.41, 5.74) is 6.36. The van der Waals surface area contributed by atoms with Crippen LogP contribution in [0.15, 0.2) is 66.7 Å². The Morgan fingerprint density at radius 1 is 1.05 bits per heavy atom. The molecule has 9 heteroatoms. The van der Waals surface area contributed by atoms with Crippen molar-refractivity contribution in [3.63, 3.8) is 0 Å². The Labute approximate surface area is 214 Å². The molecule has 2 aliphatic rings. The topological polar surface area (TPSA) is 125 Å². The van der Waals surface area contributed by atoms with Crippen LogP contribution in [-0.2, 0) is 26.5 Å². The number of carbonyl (C=O) groups is 4. The number of nitrogens with two attached hydrogens (primary N) is 1. The Kier molecular flexibility index (Phi) is 6.39. The van der Waals surface area contributed by atoms with Crippen molar-refractivity contribution in [2.45, 2.75) is 37.9 Å². The SMILES string of the molecule is CC1(c2ccc3ccccc3c2)NC(=O)N(CC(=O)Nc2cccc(CN3CCCC3C(N)=O)c2)C1=O. The molecule has 9 nitrogen and oxygen atoms in total. The number of hydrogen-bond donors (Lipinski definition) is 3. The number of nitrogens with zero attached hydrogens (tertiary/aromatic N) is 2. The number of hydrogen-bond acceptors (Lipinski definition) is 5. The van der Waals surface area contributed by atoms with Gasteiger partial charge in [0.05, 0.1) is 6.04 Å². The van der Waals surface area contributed by atoms with Gasteiger partial charge >= 0.3 is 6.03 Å². The molecule has 5 rings (SSSR count). The molecular formula is C28H29N5O4. The van der Waals surface area contributed by atoms with Crippen molar-refractivity contribution >= 4 is 40.2 Å². The molecule has 2 fully saturated rings. The quantitative estimate of drug-likeness (QED) is 0.431. The number of imide groups is 1. The molecule has 3 aromatic rings. The molecule has 2 atom stereocenters. The van der Waals surface area contributed by atoms with E-state index in [4.69, 9.17) is 5.73 Å². The second-order valence-corrected chi connectivity index (χ2v) is 9.79. The summed E-state index contributed by atoms with van der Waals surface area (Å²) in [6.45, 7) is 2.56. The van der Waals surface area contributed by atoms with E-state index in [0.717, 1.165) is 40.6 Å². The highest BCUT2D eigenvalue weighted by molar-refractivity contribution is 6.10. The van der Waals surface area contributed by atoms with Crippen LogP contribution in [-0.4, -0.2) is 52.7 Å². The van der Waals surface area contributed by atoms with Crippen molar-refractivity contribution in [1.29, 1.82) is 0 Å². The van der Waals surface area contributed by atoms with E-state index in [1.807, 2.05) is 65.6 Å². The summed E-state index contributed by atoms with van der Waals surface area (Å²) in [6, 6.07) is 19.8. The number of nitrogens with one attached hydrogen (secondary N) is 2. The monoisotopic (exact) mass is 499 g/mol. The van der Waals surface area contributed by atoms with E-state index in [1.54, 1.807) is 13.0 Å². The summed E-state index contributed by atoms with van der Waals surface area (Å²) in [5, 5.41) is 7.52. The van der Waals surface area contributed by atoms with Gasteiger partial charge in [0, 0.05) is 12.2 Å². The van der Waals surface area contributed by atoms with E-state index in [1.165, 1.54) is 0 Å². The average Bonchev–Trinajstić information content (AvgIpc) is 3.42. The minimum Gasteiger partial charge on any atom is -0.368 e. The van der Waals surface area contributed by atoms with E-state index >= 15 is 0 Å². The Balaban J connectivity index is 1.26. The smallest absolute Gasteiger partial charge is 0.325 e. The summed E-state index contributed by atoms with van der Waals surface area (Å²) in [7, 11) is 0. The standard InChI is InChI=1S/C28H29N5O4/c1-28(21-12-11-19-7-2-3-8-20(19)15-21)26(36)33(27(37)31-28)17-24(34)30-22-9-4-6-18(14-22)16-32-13-5-10-23(32)25(29)35/h2-4,6-9,11-12,14-15,23H,5,10,13,16-17H2,1H3,(H2,29,35)(H,30,34)(H,31,37). The zero-order valence-electron chi connectivity index (χ0n) is 20.6. The fourth-order valence-corrected chi connectivity index (χ4v) is 5.20. The predicted octanol–water partition coefficient (Wildman–Crippen LogP) is 2.70. The number of anilines is 1. The molecule has 0 bridgehead atoms. The first-order valence-electron chi connectivity index (χ1n) is 12.3. The van der Waals surface area contributed by atoms with Gasteiger partial charge in [0.25, 0.3) is 5.91 Å². The minimum absolute atomic E-state index is 0.283. The van der Waals surface area contributed by atoms with Crippen molar-refractivity contribution in [2.24, 2.45) is 5.73 Å². The number of benzene rings is 3. The zero-order valence-corrected chi connectivity index (χ0v) is 20.6. The van der Waals surface area contributed by atoms with Gasteiger partial charge in [-0.2, -0.15) is 0 Å². The lowest BCUT2D eigenvalue weighted by molar-refractivity contribution is -0.133. The number of primary amides is 1. The van der Waals surface area contributed by atoms with Crippen molar-refractivity contribution in [1.82, 2.24) is 15.1 Å². The van der Waals surface area contributed by atoms with Crippen LogP contribution in [0.1, 0.15) is 30.9 Å². The van der Waals surface area contributed by atoms with Gasteiger partial charge in [-0.3, -0.25) is 24.2 Å². The highest BCUT2D eigenvalue weighted by atomic mass is 16.2. The lowest BCUT2D eigenvalue weighted by Crippen LogP contribution is -2.42. The number of amides is 5. The van der Waals surface area contributed by atoms with Crippen LogP contribution in [0.3, 0.4) is 0 Å². The Morgan fingerprint density at radius 2 is 1.84 bits per heavy atom. The first-order valence-corrected chi connectivity index (χ1v) is 12.3. The van der Waals surface area contributed by atoms with E-state index < -0.39 is 29.9 Å². The number of likely N-dealkylation sites (tertiary alicyclic amines) is 1. The summed E-state index contributed by atoms with van der Waals surface area (Å²) < 4.78 is 0. The van der Waals surface area contributed by atoms with Crippen LogP contribution >= 0.6 is 0 Å². The third kappa shape index (κ3) is 4.77. The third-order valence-corrected chi connectivity index (χ3v) is 7.19. The van der Waals surface area contributed by atoms with Gasteiger partial charge < -0.3 is 16.4 Å². The van der Waals surface area contributed by atoms with E-state index in [-0.39, 0.29) is 11.9 Å². The molecule has 0 aromatic heterocycles. The largest absolute Gasteiger partial charge is 0.368 e. The maximum Gasteiger partial charge on any atom is 0.325 e. The first-order chi connectivity index (χ1) is 17.7. The molecule has 2 unspecified atom stereocenters. The maximum atomic E-state index is 13.3. The van der Waals surface area contributed by atoms with Crippen molar-refractivity contribution in [3.05, 3.63) is 77.9 Å². The van der Waals surface area contributed by atoms with Gasteiger partial charge in [0.2, 0.25) is 11.8 Å². The molecule has 4 N–H and O–H groups in total. The minimum atomic E-state index is -1.27. The van der Waals surface area contributed by atoms with Crippen molar-refractivity contribution in [2.75, 3.05) is 18.4 Å². The number of urea groups is 1. The van der Waals surface area contributed by atoms with Crippen LogP contribution in [0.5, 0.6) is 0 Å². The molecule has 2 saturated heterocycles. The molecule has 37 heavy (non-hydrogen) atoms. The van der Waals surface area contributed by atoms with Gasteiger partial charge in [0.1, 0.15) is 12.1 Å². The predicted molar refractivity (Wildman–Crippen MR) is 139 cm³/mol. The van der Waals surface area contributed by atoms with E-state index in [9.17, 15) is 19.2 Å². The zero-order chi connectivity index (χ0) is 26.2. The highest BCUT2D eigenvalue weighted by Gasteiger charge is 2.49. The van der Waals surface area contributed by atoms with Crippen LogP contribution in [0, 0.1) is 0 Å². The van der Waals surface area contributed by atoms with Gasteiger partial charge in [-0.15, -0.1) is 0 Å². The van der Waals surface area contributed by atoms with Crippen molar-refractivity contribution in [3.8, 4) is 0 Å². The molecule has 2 heterocycles. The van der Waals surface area contributed by atoms with E-state index in [2.05, 4.69) is 10.6 Å². The fourth-order valence-electron chi connectivity index (χ4n) is 5.20. The number of carbonyl (C=O) groups excluding carboxylic acids is 4. The summed E-state index contributed by atoms with van der Waals surface area (Å²) in [6.07, 6.45) is 1.66. The normalized spacial score (nSPS) is 21.9. The highest BCUT2D eigenvalue weighted by Crippen LogP contribution is 2.31. The van der Waals surface area contributed by atoms with Crippen LogP contribution in [0.2, 0.25) is 0 Å². The molecular weight excluding hydrogens is 470 g/mol. The average molecular weight is 500 g/mol. The van der Waals surface area contributed by atoms with Gasteiger partial charge in [-0.25, -0.2) is 4.79 Å². The molecule has 0 spiro atoms. The third-order valence-electron chi connectivity index (χ3n) is 7.19. The van der Waals surface area contributed by atoms with Gasteiger partial charge in [0.15, 0.2) is 0 Å². The fraction of sp³-hybridized carbons (Fsp3) is 0.286. The van der Waals surface area contributed by atoms with Gasteiger partial charge in [-0.05, 0) is 66.4 Å². The Bertz CT molecular complexity index is 1410. The molecule has 0 radical (unpaired) electrons.